The summed E-state index contributed by atoms with van der Waals surface area (Å²) in [5.74, 6) is -0.877. The molecule has 0 spiro atoms. The van der Waals surface area contributed by atoms with Gasteiger partial charge in [-0.05, 0) is 30.7 Å². The van der Waals surface area contributed by atoms with Crippen LogP contribution in [0.3, 0.4) is 0 Å². The molecule has 0 aliphatic carbocycles. The molecule has 3 rings (SSSR count). The molecular weight excluding hydrogens is 355 g/mol. The van der Waals surface area contributed by atoms with Gasteiger partial charge in [0.05, 0.1) is 12.7 Å². The van der Waals surface area contributed by atoms with E-state index < -0.39 is 5.82 Å². The second-order valence-corrected chi connectivity index (χ2v) is 6.09. The van der Waals surface area contributed by atoms with Crippen LogP contribution in [0.25, 0.3) is 0 Å². The molecule has 1 N–H and O–H groups in total. The van der Waals surface area contributed by atoms with Gasteiger partial charge in [-0.15, -0.1) is 0 Å². The van der Waals surface area contributed by atoms with Gasteiger partial charge in [0, 0.05) is 32.2 Å². The summed E-state index contributed by atoms with van der Waals surface area (Å²) in [6, 6.07) is 6.41. The third-order valence-electron chi connectivity index (χ3n) is 4.36. The molecule has 8 nitrogen and oxygen atoms in total. The van der Waals surface area contributed by atoms with E-state index in [1.807, 2.05) is 0 Å². The lowest BCUT2D eigenvalue weighted by molar-refractivity contribution is 0.0713. The van der Waals surface area contributed by atoms with Gasteiger partial charge < -0.3 is 14.5 Å². The fourth-order valence-corrected chi connectivity index (χ4v) is 2.97. The molecule has 142 valence electrons. The Hall–Kier alpha value is -3.23. The first kappa shape index (κ1) is 18.6. The molecule has 1 aromatic heterocycles. The fraction of sp³-hybridized carbons (Fsp3) is 0.333. The number of benzene rings is 1. The van der Waals surface area contributed by atoms with Crippen molar-refractivity contribution < 1.29 is 18.7 Å². The standard InChI is InChI=1S/C18H19FN4O4/c1-27-15-5-3-12(19)11-13(15)17(25)22-7-2-8-23(10-9-22)18(26)14-4-6-16(24)21-20-14/h3-6,11H,2,7-10H2,1H3,(H,21,24). The van der Waals surface area contributed by atoms with Crippen LogP contribution in [0.15, 0.2) is 35.1 Å². The molecule has 1 saturated heterocycles. The van der Waals surface area contributed by atoms with Crippen molar-refractivity contribution in [2.75, 3.05) is 33.3 Å². The molecule has 1 aliphatic heterocycles. The number of amides is 2. The van der Waals surface area contributed by atoms with Crippen molar-refractivity contribution in [2.45, 2.75) is 6.42 Å². The first-order valence-corrected chi connectivity index (χ1v) is 8.47. The van der Waals surface area contributed by atoms with E-state index in [4.69, 9.17) is 4.74 Å². The lowest BCUT2D eigenvalue weighted by Crippen LogP contribution is -2.38. The minimum atomic E-state index is -0.519. The Morgan fingerprint density at radius 3 is 2.41 bits per heavy atom. The van der Waals surface area contributed by atoms with Crippen LogP contribution in [0.5, 0.6) is 5.75 Å². The number of hydrogen-bond donors (Lipinski definition) is 1. The average Bonchev–Trinajstić information content (AvgIpc) is 2.93. The van der Waals surface area contributed by atoms with Gasteiger partial charge in [0.15, 0.2) is 0 Å². The first-order valence-electron chi connectivity index (χ1n) is 8.47. The molecule has 0 radical (unpaired) electrons. The Kier molecular flexibility index (Phi) is 5.49. The highest BCUT2D eigenvalue weighted by Gasteiger charge is 2.26. The highest BCUT2D eigenvalue weighted by atomic mass is 19.1. The Labute approximate surface area is 154 Å². The summed E-state index contributed by atoms with van der Waals surface area (Å²) < 4.78 is 18.7. The second kappa shape index (κ2) is 7.98. The molecule has 9 heteroatoms. The molecule has 1 aliphatic rings. The lowest BCUT2D eigenvalue weighted by Gasteiger charge is -2.22. The minimum absolute atomic E-state index is 0.140. The maximum Gasteiger partial charge on any atom is 0.274 e. The predicted molar refractivity (Wildman–Crippen MR) is 94.2 cm³/mol. The summed E-state index contributed by atoms with van der Waals surface area (Å²) >= 11 is 0. The quantitative estimate of drug-likeness (QED) is 0.861. The minimum Gasteiger partial charge on any atom is -0.496 e. The van der Waals surface area contributed by atoms with E-state index in [9.17, 15) is 18.8 Å². The van der Waals surface area contributed by atoms with Crippen LogP contribution in [-0.2, 0) is 0 Å². The smallest absolute Gasteiger partial charge is 0.274 e. The number of carbonyl (C=O) groups is 2. The van der Waals surface area contributed by atoms with Gasteiger partial charge in [0.25, 0.3) is 17.4 Å². The summed E-state index contributed by atoms with van der Waals surface area (Å²) in [6.45, 7) is 1.49. The van der Waals surface area contributed by atoms with Crippen molar-refractivity contribution in [1.29, 1.82) is 0 Å². The van der Waals surface area contributed by atoms with Gasteiger partial charge in [-0.1, -0.05) is 0 Å². The van der Waals surface area contributed by atoms with Crippen molar-refractivity contribution in [3.05, 3.63) is 57.8 Å². The largest absolute Gasteiger partial charge is 0.496 e. The number of aromatic nitrogens is 2. The monoisotopic (exact) mass is 374 g/mol. The van der Waals surface area contributed by atoms with E-state index in [1.54, 1.807) is 9.80 Å². The zero-order valence-corrected chi connectivity index (χ0v) is 14.8. The normalized spacial score (nSPS) is 14.6. The van der Waals surface area contributed by atoms with Crippen LogP contribution in [0.1, 0.15) is 27.3 Å². The summed E-state index contributed by atoms with van der Waals surface area (Å²) in [5.41, 5.74) is -0.0935. The van der Waals surface area contributed by atoms with Gasteiger partial charge in [0.2, 0.25) is 0 Å². The molecule has 0 saturated carbocycles. The summed E-state index contributed by atoms with van der Waals surface area (Å²) in [4.78, 5) is 39.6. The average molecular weight is 374 g/mol. The van der Waals surface area contributed by atoms with E-state index in [2.05, 4.69) is 10.2 Å². The highest BCUT2D eigenvalue weighted by Crippen LogP contribution is 2.22. The Bertz CT molecular complexity index is 894. The molecule has 1 aromatic carbocycles. The molecule has 0 atom stereocenters. The van der Waals surface area contributed by atoms with E-state index in [1.165, 1.54) is 31.4 Å². The maximum absolute atomic E-state index is 13.6. The molecule has 27 heavy (non-hydrogen) atoms. The molecule has 1 fully saturated rings. The van der Waals surface area contributed by atoms with E-state index in [0.717, 1.165) is 6.07 Å². The predicted octanol–water partition coefficient (Wildman–Crippen LogP) is 0.906. The first-order chi connectivity index (χ1) is 13.0. The van der Waals surface area contributed by atoms with Crippen molar-refractivity contribution in [3.8, 4) is 5.75 Å². The van der Waals surface area contributed by atoms with E-state index >= 15 is 0 Å². The van der Waals surface area contributed by atoms with Crippen LogP contribution >= 0.6 is 0 Å². The van der Waals surface area contributed by atoms with Crippen LogP contribution in [-0.4, -0.2) is 65.1 Å². The summed E-state index contributed by atoms with van der Waals surface area (Å²) in [5, 5.41) is 5.99. The number of aromatic amines is 1. The Balaban J connectivity index is 1.72. The number of methoxy groups -OCH3 is 1. The van der Waals surface area contributed by atoms with Crippen LogP contribution < -0.4 is 10.3 Å². The third kappa shape index (κ3) is 4.13. The zero-order chi connectivity index (χ0) is 19.4. The number of rotatable bonds is 3. The van der Waals surface area contributed by atoms with E-state index in [-0.39, 0.29) is 28.6 Å². The van der Waals surface area contributed by atoms with Crippen molar-refractivity contribution >= 4 is 11.8 Å². The van der Waals surface area contributed by atoms with Gasteiger partial charge in [-0.25, -0.2) is 9.49 Å². The molecule has 0 bridgehead atoms. The maximum atomic E-state index is 13.6. The van der Waals surface area contributed by atoms with Gasteiger partial charge >= 0.3 is 0 Å². The second-order valence-electron chi connectivity index (χ2n) is 6.09. The van der Waals surface area contributed by atoms with Crippen molar-refractivity contribution in [2.24, 2.45) is 0 Å². The fourth-order valence-electron chi connectivity index (χ4n) is 2.97. The summed E-state index contributed by atoms with van der Waals surface area (Å²) in [7, 11) is 1.42. The number of nitrogens with zero attached hydrogens (tertiary/aromatic N) is 3. The van der Waals surface area contributed by atoms with Crippen molar-refractivity contribution in [1.82, 2.24) is 20.0 Å². The number of halogens is 1. The van der Waals surface area contributed by atoms with Crippen LogP contribution in [0.4, 0.5) is 4.39 Å². The van der Waals surface area contributed by atoms with Gasteiger partial charge in [-0.3, -0.25) is 14.4 Å². The van der Waals surface area contributed by atoms with E-state index in [0.29, 0.717) is 38.3 Å². The lowest BCUT2D eigenvalue weighted by atomic mass is 10.1. The van der Waals surface area contributed by atoms with Crippen molar-refractivity contribution in [3.63, 3.8) is 0 Å². The van der Waals surface area contributed by atoms with Crippen LogP contribution in [0, 0.1) is 5.82 Å². The number of hydrogen-bond acceptors (Lipinski definition) is 5. The topological polar surface area (TPSA) is 95.6 Å². The molecular formula is C18H19FN4O4. The number of ether oxygens (including phenoxy) is 1. The number of H-pyrrole nitrogens is 1. The van der Waals surface area contributed by atoms with Gasteiger partial charge in [-0.2, -0.15) is 5.10 Å². The van der Waals surface area contributed by atoms with Crippen LogP contribution in [0.2, 0.25) is 0 Å². The zero-order valence-electron chi connectivity index (χ0n) is 14.8. The molecule has 2 amide bonds. The Morgan fingerprint density at radius 2 is 1.78 bits per heavy atom. The Morgan fingerprint density at radius 1 is 1.07 bits per heavy atom. The number of carbonyl (C=O) groups excluding carboxylic acids is 2. The summed E-state index contributed by atoms with van der Waals surface area (Å²) in [6.07, 6.45) is 0.568. The molecule has 2 heterocycles. The SMILES string of the molecule is COc1ccc(F)cc1C(=O)N1CCCN(C(=O)c2ccc(=O)[nH]n2)CC1. The molecule has 0 unspecified atom stereocenters. The highest BCUT2D eigenvalue weighted by molar-refractivity contribution is 5.97. The van der Waals surface area contributed by atoms with Gasteiger partial charge in [0.1, 0.15) is 17.3 Å². The third-order valence-corrected chi connectivity index (χ3v) is 4.36. The number of nitrogens with one attached hydrogen (secondary N) is 1. The molecule has 2 aromatic rings.